The monoisotopic (exact) mass is 429 g/mol. The molecule has 2 heterocycles. The number of hydrogen-bond donors (Lipinski definition) is 1. The standard InChI is InChI=1S/C27H31N3O2/c1-4-23-24(20(3)31)19(2)28-25(23)27(32)30-17-15-29(16-18-30)26(21-11-7-5-8-12-21)22-13-9-6-10-14-22/h5-14,26,28H,4,15-18H2,1-3H3. The van der Waals surface area contributed by atoms with Crippen LogP contribution in [-0.4, -0.2) is 52.7 Å². The molecule has 1 N–H and O–H groups in total. The summed E-state index contributed by atoms with van der Waals surface area (Å²) in [6.45, 7) is 8.33. The number of amides is 1. The maximum atomic E-state index is 13.3. The number of rotatable bonds is 6. The van der Waals surface area contributed by atoms with Crippen molar-refractivity contribution < 1.29 is 9.59 Å². The Labute approximate surface area is 190 Å². The van der Waals surface area contributed by atoms with Gasteiger partial charge in [0.1, 0.15) is 5.69 Å². The second kappa shape index (κ2) is 9.53. The summed E-state index contributed by atoms with van der Waals surface area (Å²) in [5, 5.41) is 0. The highest BCUT2D eigenvalue weighted by Gasteiger charge is 2.31. The van der Waals surface area contributed by atoms with Gasteiger partial charge in [0, 0.05) is 37.4 Å². The van der Waals surface area contributed by atoms with Gasteiger partial charge in [0.15, 0.2) is 5.78 Å². The van der Waals surface area contributed by atoms with Crippen LogP contribution in [0.15, 0.2) is 60.7 Å². The van der Waals surface area contributed by atoms with Crippen molar-refractivity contribution in [2.45, 2.75) is 33.2 Å². The molecule has 1 aliphatic heterocycles. The van der Waals surface area contributed by atoms with Crippen LogP contribution >= 0.6 is 0 Å². The van der Waals surface area contributed by atoms with E-state index in [1.807, 2.05) is 30.9 Å². The lowest BCUT2D eigenvalue weighted by atomic mass is 9.96. The van der Waals surface area contributed by atoms with Gasteiger partial charge < -0.3 is 9.88 Å². The minimum atomic E-state index is -0.00641. The lowest BCUT2D eigenvalue weighted by molar-refractivity contribution is 0.0591. The van der Waals surface area contributed by atoms with Gasteiger partial charge in [-0.2, -0.15) is 0 Å². The Morgan fingerprint density at radius 2 is 1.44 bits per heavy atom. The number of carbonyl (C=O) groups is 2. The van der Waals surface area contributed by atoms with Gasteiger partial charge in [0.05, 0.1) is 6.04 Å². The van der Waals surface area contributed by atoms with E-state index in [4.69, 9.17) is 0 Å². The molecule has 1 fully saturated rings. The molecular formula is C27H31N3O2. The van der Waals surface area contributed by atoms with Gasteiger partial charge in [-0.15, -0.1) is 0 Å². The summed E-state index contributed by atoms with van der Waals surface area (Å²) in [6.07, 6.45) is 0.657. The van der Waals surface area contributed by atoms with Crippen LogP contribution in [0.4, 0.5) is 0 Å². The Balaban J connectivity index is 1.54. The SMILES string of the molecule is CCc1c(C(=O)N2CCN(C(c3ccccc3)c3ccccc3)CC2)[nH]c(C)c1C(C)=O. The summed E-state index contributed by atoms with van der Waals surface area (Å²) in [5.41, 5.74) is 5.39. The van der Waals surface area contributed by atoms with Crippen LogP contribution in [0.1, 0.15) is 63.1 Å². The first-order valence-corrected chi connectivity index (χ1v) is 11.4. The lowest BCUT2D eigenvalue weighted by Crippen LogP contribution is -2.50. The van der Waals surface area contributed by atoms with Gasteiger partial charge in [0.25, 0.3) is 5.91 Å². The number of benzene rings is 2. The highest BCUT2D eigenvalue weighted by atomic mass is 16.2. The van der Waals surface area contributed by atoms with Crippen molar-refractivity contribution >= 4 is 11.7 Å². The number of aryl methyl sites for hydroxylation is 1. The predicted molar refractivity (Wildman–Crippen MR) is 127 cm³/mol. The fourth-order valence-corrected chi connectivity index (χ4v) is 4.92. The highest BCUT2D eigenvalue weighted by Crippen LogP contribution is 2.30. The van der Waals surface area contributed by atoms with Crippen molar-refractivity contribution in [3.63, 3.8) is 0 Å². The molecule has 0 atom stereocenters. The summed E-state index contributed by atoms with van der Waals surface area (Å²) >= 11 is 0. The fraction of sp³-hybridized carbons (Fsp3) is 0.333. The zero-order chi connectivity index (χ0) is 22.7. The smallest absolute Gasteiger partial charge is 0.270 e. The maximum Gasteiger partial charge on any atom is 0.270 e. The number of nitrogens with one attached hydrogen (secondary N) is 1. The number of ketones is 1. The van der Waals surface area contributed by atoms with Crippen LogP contribution in [0.2, 0.25) is 0 Å². The van der Waals surface area contributed by atoms with E-state index in [2.05, 4.69) is 58.4 Å². The predicted octanol–water partition coefficient (Wildman–Crippen LogP) is 4.64. The third kappa shape index (κ3) is 4.26. The van der Waals surface area contributed by atoms with Gasteiger partial charge in [-0.05, 0) is 37.0 Å². The molecular weight excluding hydrogens is 398 g/mol. The van der Waals surface area contributed by atoms with Crippen LogP contribution < -0.4 is 0 Å². The van der Waals surface area contributed by atoms with E-state index in [0.717, 1.165) is 24.3 Å². The van der Waals surface area contributed by atoms with Gasteiger partial charge in [-0.1, -0.05) is 67.6 Å². The first-order valence-electron chi connectivity index (χ1n) is 11.4. The van der Waals surface area contributed by atoms with Gasteiger partial charge >= 0.3 is 0 Å². The molecule has 0 aliphatic carbocycles. The number of H-pyrrole nitrogens is 1. The molecule has 0 bridgehead atoms. The lowest BCUT2D eigenvalue weighted by Gasteiger charge is -2.39. The summed E-state index contributed by atoms with van der Waals surface area (Å²) in [4.78, 5) is 33.0. The number of nitrogens with zero attached hydrogens (tertiary/aromatic N) is 2. The Morgan fingerprint density at radius 3 is 1.91 bits per heavy atom. The molecule has 166 valence electrons. The number of hydrogen-bond acceptors (Lipinski definition) is 3. The number of Topliss-reactive ketones (excluding diaryl/α,β-unsaturated/α-hetero) is 1. The van der Waals surface area contributed by atoms with Gasteiger partial charge in [0.2, 0.25) is 0 Å². The van der Waals surface area contributed by atoms with Crippen LogP contribution in [-0.2, 0) is 6.42 Å². The second-order valence-corrected chi connectivity index (χ2v) is 8.44. The minimum Gasteiger partial charge on any atom is -0.354 e. The molecule has 4 rings (SSSR count). The van der Waals surface area contributed by atoms with Crippen LogP contribution in [0, 0.1) is 6.92 Å². The molecule has 0 spiro atoms. The largest absolute Gasteiger partial charge is 0.354 e. The number of piperazine rings is 1. The Bertz CT molecular complexity index is 1040. The van der Waals surface area contributed by atoms with E-state index in [9.17, 15) is 9.59 Å². The number of aromatic nitrogens is 1. The normalized spacial score (nSPS) is 14.7. The first kappa shape index (κ1) is 22.0. The summed E-state index contributed by atoms with van der Waals surface area (Å²) < 4.78 is 0. The topological polar surface area (TPSA) is 56.4 Å². The number of carbonyl (C=O) groups excluding carboxylic acids is 2. The average Bonchev–Trinajstić information content (AvgIpc) is 3.17. The van der Waals surface area contributed by atoms with Gasteiger partial charge in [-0.3, -0.25) is 14.5 Å². The quantitative estimate of drug-likeness (QED) is 0.581. The molecule has 5 heteroatoms. The van der Waals surface area contributed by atoms with E-state index < -0.39 is 0 Å². The van der Waals surface area contributed by atoms with Crippen LogP contribution in [0.5, 0.6) is 0 Å². The third-order valence-corrected chi connectivity index (χ3v) is 6.41. The van der Waals surface area contributed by atoms with E-state index in [1.54, 1.807) is 6.92 Å². The van der Waals surface area contributed by atoms with Crippen LogP contribution in [0.25, 0.3) is 0 Å². The van der Waals surface area contributed by atoms with Crippen molar-refractivity contribution in [2.24, 2.45) is 0 Å². The molecule has 1 aromatic heterocycles. The summed E-state index contributed by atoms with van der Waals surface area (Å²) in [7, 11) is 0. The summed E-state index contributed by atoms with van der Waals surface area (Å²) in [5.74, 6) is 0.00102. The van der Waals surface area contributed by atoms with Gasteiger partial charge in [-0.25, -0.2) is 0 Å². The molecule has 0 saturated carbocycles. The van der Waals surface area contributed by atoms with Crippen molar-refractivity contribution in [3.05, 3.63) is 94.3 Å². The number of aromatic amines is 1. The van der Waals surface area contributed by atoms with Crippen molar-refractivity contribution in [2.75, 3.05) is 26.2 Å². The van der Waals surface area contributed by atoms with Crippen molar-refractivity contribution in [1.29, 1.82) is 0 Å². The minimum absolute atomic E-state index is 0.00641. The third-order valence-electron chi connectivity index (χ3n) is 6.41. The maximum absolute atomic E-state index is 13.3. The molecule has 1 saturated heterocycles. The van der Waals surface area contributed by atoms with Crippen molar-refractivity contribution in [3.8, 4) is 0 Å². The molecule has 5 nitrogen and oxygen atoms in total. The van der Waals surface area contributed by atoms with E-state index in [0.29, 0.717) is 30.8 Å². The average molecular weight is 430 g/mol. The molecule has 0 unspecified atom stereocenters. The highest BCUT2D eigenvalue weighted by molar-refractivity contribution is 6.02. The summed E-state index contributed by atoms with van der Waals surface area (Å²) in [6, 6.07) is 21.3. The molecule has 2 aromatic carbocycles. The van der Waals surface area contributed by atoms with Crippen LogP contribution in [0.3, 0.4) is 0 Å². The Morgan fingerprint density at radius 1 is 0.906 bits per heavy atom. The molecule has 1 aliphatic rings. The molecule has 3 aromatic rings. The molecule has 32 heavy (non-hydrogen) atoms. The second-order valence-electron chi connectivity index (χ2n) is 8.44. The van der Waals surface area contributed by atoms with Crippen molar-refractivity contribution in [1.82, 2.24) is 14.8 Å². The van der Waals surface area contributed by atoms with E-state index in [1.165, 1.54) is 11.1 Å². The molecule has 0 radical (unpaired) electrons. The zero-order valence-corrected chi connectivity index (χ0v) is 19.1. The molecule has 1 amide bonds. The Hall–Kier alpha value is -3.18. The van der Waals surface area contributed by atoms with E-state index >= 15 is 0 Å². The first-order chi connectivity index (χ1) is 15.5. The Kier molecular flexibility index (Phi) is 6.56. The zero-order valence-electron chi connectivity index (χ0n) is 19.1. The van der Waals surface area contributed by atoms with E-state index in [-0.39, 0.29) is 17.7 Å². The fourth-order valence-electron chi connectivity index (χ4n) is 4.92.